The van der Waals surface area contributed by atoms with Crippen molar-refractivity contribution >= 4 is 5.82 Å². The van der Waals surface area contributed by atoms with E-state index in [9.17, 15) is 0 Å². The van der Waals surface area contributed by atoms with Gasteiger partial charge < -0.3 is 5.32 Å². The largest absolute Gasteiger partial charge is 0.373 e. The van der Waals surface area contributed by atoms with Crippen LogP contribution in [0.1, 0.15) is 39.1 Å². The van der Waals surface area contributed by atoms with Gasteiger partial charge in [0.1, 0.15) is 11.6 Å². The molecule has 106 valence electrons. The van der Waals surface area contributed by atoms with Crippen LogP contribution < -0.4 is 5.32 Å². The highest BCUT2D eigenvalue weighted by Gasteiger charge is 2.19. The maximum atomic E-state index is 4.75. The van der Waals surface area contributed by atoms with Gasteiger partial charge in [0.15, 0.2) is 0 Å². The van der Waals surface area contributed by atoms with E-state index in [-0.39, 0.29) is 5.41 Å². The van der Waals surface area contributed by atoms with E-state index in [1.807, 2.05) is 13.1 Å². The lowest BCUT2D eigenvalue weighted by molar-refractivity contribution is 0.547. The summed E-state index contributed by atoms with van der Waals surface area (Å²) in [5, 5.41) is 3.13. The van der Waals surface area contributed by atoms with Gasteiger partial charge in [0.25, 0.3) is 0 Å². The molecule has 0 unspecified atom stereocenters. The molecule has 0 saturated carbocycles. The van der Waals surface area contributed by atoms with Gasteiger partial charge in [-0.25, -0.2) is 9.97 Å². The number of aryl methyl sites for hydroxylation is 1. The summed E-state index contributed by atoms with van der Waals surface area (Å²) in [5.41, 5.74) is 3.38. The molecule has 0 aliphatic heterocycles. The molecule has 1 N–H and O–H groups in total. The van der Waals surface area contributed by atoms with Crippen molar-refractivity contribution in [1.82, 2.24) is 9.97 Å². The fraction of sp³-hybridized carbons (Fsp3) is 0.412. The van der Waals surface area contributed by atoms with Gasteiger partial charge in [0.2, 0.25) is 0 Å². The second-order valence-corrected chi connectivity index (χ2v) is 6.02. The number of aromatic nitrogens is 2. The first-order valence-electron chi connectivity index (χ1n) is 7.10. The minimum absolute atomic E-state index is 0.0655. The van der Waals surface area contributed by atoms with Crippen LogP contribution in [0.3, 0.4) is 0 Å². The van der Waals surface area contributed by atoms with Crippen LogP contribution in [0.2, 0.25) is 0 Å². The van der Waals surface area contributed by atoms with Crippen LogP contribution in [-0.2, 0) is 11.8 Å². The molecule has 0 aliphatic rings. The molecule has 0 spiro atoms. The average Bonchev–Trinajstić information content (AvgIpc) is 2.46. The van der Waals surface area contributed by atoms with Crippen molar-refractivity contribution in [3.05, 3.63) is 41.7 Å². The lowest BCUT2D eigenvalue weighted by atomic mass is 9.95. The third kappa shape index (κ3) is 3.16. The van der Waals surface area contributed by atoms with Gasteiger partial charge in [-0.2, -0.15) is 0 Å². The summed E-state index contributed by atoms with van der Waals surface area (Å²) in [5.74, 6) is 1.73. The van der Waals surface area contributed by atoms with E-state index in [0.717, 1.165) is 29.3 Å². The van der Waals surface area contributed by atoms with Crippen LogP contribution in [0.15, 0.2) is 30.3 Å². The van der Waals surface area contributed by atoms with Crippen molar-refractivity contribution in [2.75, 3.05) is 12.4 Å². The van der Waals surface area contributed by atoms with E-state index in [0.29, 0.717) is 0 Å². The Morgan fingerprint density at radius 2 is 1.85 bits per heavy atom. The molecule has 0 bridgehead atoms. The Labute approximate surface area is 121 Å². The van der Waals surface area contributed by atoms with Crippen molar-refractivity contribution in [1.29, 1.82) is 0 Å². The smallest absolute Gasteiger partial charge is 0.136 e. The molecule has 2 aromatic rings. The van der Waals surface area contributed by atoms with Crippen molar-refractivity contribution in [2.45, 2.75) is 39.5 Å². The minimum Gasteiger partial charge on any atom is -0.373 e. The van der Waals surface area contributed by atoms with Crippen LogP contribution in [0.25, 0.3) is 11.3 Å². The third-order valence-corrected chi connectivity index (χ3v) is 3.28. The predicted octanol–water partition coefficient (Wildman–Crippen LogP) is 4.05. The Balaban J connectivity index is 2.55. The van der Waals surface area contributed by atoms with E-state index in [2.05, 4.69) is 62.3 Å². The van der Waals surface area contributed by atoms with Gasteiger partial charge in [-0.15, -0.1) is 0 Å². The van der Waals surface area contributed by atoms with E-state index in [4.69, 9.17) is 4.98 Å². The number of hydrogen-bond acceptors (Lipinski definition) is 3. The second-order valence-electron chi connectivity index (χ2n) is 6.02. The molecule has 0 atom stereocenters. The molecule has 0 radical (unpaired) electrons. The first kappa shape index (κ1) is 14.5. The summed E-state index contributed by atoms with van der Waals surface area (Å²) in [4.78, 5) is 9.32. The van der Waals surface area contributed by atoms with Crippen LogP contribution in [0.4, 0.5) is 5.82 Å². The summed E-state index contributed by atoms with van der Waals surface area (Å²) in [7, 11) is 1.89. The normalized spacial score (nSPS) is 11.4. The third-order valence-electron chi connectivity index (χ3n) is 3.28. The zero-order valence-electron chi connectivity index (χ0n) is 13.0. The monoisotopic (exact) mass is 269 g/mol. The average molecular weight is 269 g/mol. The lowest BCUT2D eigenvalue weighted by Crippen LogP contribution is -2.17. The molecule has 1 aromatic heterocycles. The summed E-state index contributed by atoms with van der Waals surface area (Å²) in [6.07, 6.45) is 1.03. The Morgan fingerprint density at radius 3 is 2.45 bits per heavy atom. The Kier molecular flexibility index (Phi) is 4.07. The maximum Gasteiger partial charge on any atom is 0.136 e. The molecule has 2 rings (SSSR count). The number of benzene rings is 1. The second kappa shape index (κ2) is 5.61. The zero-order chi connectivity index (χ0) is 14.8. The Morgan fingerprint density at radius 1 is 1.10 bits per heavy atom. The molecule has 0 amide bonds. The topological polar surface area (TPSA) is 37.8 Å². The fourth-order valence-corrected chi connectivity index (χ4v) is 2.01. The maximum absolute atomic E-state index is 4.75. The summed E-state index contributed by atoms with van der Waals surface area (Å²) in [6, 6.07) is 10.5. The van der Waals surface area contributed by atoms with E-state index in [1.165, 1.54) is 5.56 Å². The van der Waals surface area contributed by atoms with Crippen molar-refractivity contribution in [2.24, 2.45) is 0 Å². The van der Waals surface area contributed by atoms with Gasteiger partial charge in [-0.1, -0.05) is 45.9 Å². The van der Waals surface area contributed by atoms with Crippen LogP contribution in [-0.4, -0.2) is 17.0 Å². The molecule has 0 saturated heterocycles. The standard InChI is InChI=1S/C17H23N3/c1-6-12-8-7-9-13(10-12)14-11-15(18-5)20-16(19-14)17(2,3)4/h7-11H,6H2,1-5H3,(H,18,19,20). The molecule has 3 heteroatoms. The summed E-state index contributed by atoms with van der Waals surface area (Å²) >= 11 is 0. The van der Waals surface area contributed by atoms with Crippen LogP contribution in [0, 0.1) is 0 Å². The van der Waals surface area contributed by atoms with Crippen molar-refractivity contribution in [3.63, 3.8) is 0 Å². The summed E-state index contributed by atoms with van der Waals surface area (Å²) in [6.45, 7) is 8.56. The highest BCUT2D eigenvalue weighted by molar-refractivity contribution is 5.63. The van der Waals surface area contributed by atoms with Gasteiger partial charge in [-0.05, 0) is 18.1 Å². The Bertz CT molecular complexity index is 597. The van der Waals surface area contributed by atoms with Crippen LogP contribution >= 0.6 is 0 Å². The van der Waals surface area contributed by atoms with Crippen LogP contribution in [0.5, 0.6) is 0 Å². The molecular weight excluding hydrogens is 246 g/mol. The molecule has 0 aliphatic carbocycles. The molecular formula is C17H23N3. The van der Waals surface area contributed by atoms with E-state index in [1.54, 1.807) is 0 Å². The zero-order valence-corrected chi connectivity index (χ0v) is 13.0. The van der Waals surface area contributed by atoms with E-state index < -0.39 is 0 Å². The molecule has 3 nitrogen and oxygen atoms in total. The number of hydrogen-bond donors (Lipinski definition) is 1. The van der Waals surface area contributed by atoms with Gasteiger partial charge >= 0.3 is 0 Å². The highest BCUT2D eigenvalue weighted by Crippen LogP contribution is 2.26. The first-order valence-corrected chi connectivity index (χ1v) is 7.10. The van der Waals surface area contributed by atoms with Crippen molar-refractivity contribution < 1.29 is 0 Å². The highest BCUT2D eigenvalue weighted by atomic mass is 15.0. The molecule has 1 aromatic carbocycles. The van der Waals surface area contributed by atoms with Gasteiger partial charge in [-0.3, -0.25) is 0 Å². The summed E-state index contributed by atoms with van der Waals surface area (Å²) < 4.78 is 0. The molecule has 0 fully saturated rings. The predicted molar refractivity (Wildman–Crippen MR) is 85.1 cm³/mol. The van der Waals surface area contributed by atoms with Gasteiger partial charge in [0, 0.05) is 24.1 Å². The molecule has 20 heavy (non-hydrogen) atoms. The Hall–Kier alpha value is -1.90. The van der Waals surface area contributed by atoms with Gasteiger partial charge in [0.05, 0.1) is 5.69 Å². The molecule has 1 heterocycles. The number of nitrogens with one attached hydrogen (secondary N) is 1. The quantitative estimate of drug-likeness (QED) is 0.913. The SMILES string of the molecule is CCc1cccc(-c2cc(NC)nc(C(C)(C)C)n2)c1. The van der Waals surface area contributed by atoms with E-state index >= 15 is 0 Å². The number of rotatable bonds is 3. The number of nitrogens with zero attached hydrogens (tertiary/aromatic N) is 2. The van der Waals surface area contributed by atoms with Crippen molar-refractivity contribution in [3.8, 4) is 11.3 Å². The minimum atomic E-state index is -0.0655. The lowest BCUT2D eigenvalue weighted by Gasteiger charge is -2.18. The number of anilines is 1. The fourth-order valence-electron chi connectivity index (χ4n) is 2.01. The first-order chi connectivity index (χ1) is 9.44.